The van der Waals surface area contributed by atoms with Crippen LogP contribution < -0.4 is 0 Å². The molecule has 1 aliphatic carbocycles. The van der Waals surface area contributed by atoms with Gasteiger partial charge in [-0.25, -0.2) is 0 Å². The van der Waals surface area contributed by atoms with Crippen molar-refractivity contribution >= 4 is 15.9 Å². The lowest BCUT2D eigenvalue weighted by molar-refractivity contribution is 0.736. The second kappa shape index (κ2) is 2.67. The molecule has 0 aliphatic heterocycles. The summed E-state index contributed by atoms with van der Waals surface area (Å²) < 4.78 is 0. The van der Waals surface area contributed by atoms with Crippen LogP contribution in [0.1, 0.15) is 19.3 Å². The summed E-state index contributed by atoms with van der Waals surface area (Å²) >= 11 is 3.40. The predicted octanol–water partition coefficient (Wildman–Crippen LogP) is 2.74. The number of alkyl halides is 1. The van der Waals surface area contributed by atoms with Crippen LogP contribution in [0.4, 0.5) is 0 Å². The van der Waals surface area contributed by atoms with E-state index in [4.69, 9.17) is 0 Å². The Bertz CT molecular complexity index is 96.6. The van der Waals surface area contributed by atoms with E-state index < -0.39 is 0 Å². The average molecular weight is 175 g/mol. The second-order valence-corrected chi connectivity index (χ2v) is 3.18. The maximum atomic E-state index is 3.89. The van der Waals surface area contributed by atoms with Crippen molar-refractivity contribution in [3.8, 4) is 0 Å². The highest BCUT2D eigenvalue weighted by atomic mass is 79.9. The van der Waals surface area contributed by atoms with Gasteiger partial charge in [-0.3, -0.25) is 0 Å². The van der Waals surface area contributed by atoms with E-state index in [1.54, 1.807) is 0 Å². The van der Waals surface area contributed by atoms with Crippen LogP contribution in [-0.2, 0) is 0 Å². The molecule has 1 heteroatoms. The van der Waals surface area contributed by atoms with Crippen LogP contribution in [0.25, 0.3) is 0 Å². The molecule has 1 fully saturated rings. The lowest BCUT2D eigenvalue weighted by Gasteiger charge is -1.88. The molecule has 0 aromatic rings. The van der Waals surface area contributed by atoms with Crippen LogP contribution in [0, 0.1) is 5.92 Å². The summed E-state index contributed by atoms with van der Waals surface area (Å²) in [5, 5.41) is 1.15. The van der Waals surface area contributed by atoms with E-state index in [9.17, 15) is 0 Å². The summed E-state index contributed by atoms with van der Waals surface area (Å²) in [6.07, 6.45) is 3.96. The summed E-state index contributed by atoms with van der Waals surface area (Å²) in [7, 11) is 0. The Morgan fingerprint density at radius 1 is 1.75 bits per heavy atom. The van der Waals surface area contributed by atoms with Crippen LogP contribution in [0.5, 0.6) is 0 Å². The molecule has 0 amide bonds. The Labute approximate surface area is 59.1 Å². The molecule has 0 aromatic heterocycles. The Morgan fingerprint density at radius 3 is 2.75 bits per heavy atom. The molecule has 0 spiro atoms. The Hall–Kier alpha value is 0.220. The quantitative estimate of drug-likeness (QED) is 0.457. The number of allylic oxidation sites excluding steroid dienone is 1. The van der Waals surface area contributed by atoms with Gasteiger partial charge in [0, 0.05) is 5.33 Å². The molecule has 0 nitrogen and oxygen atoms in total. The smallest absolute Gasteiger partial charge is 0.00315 e. The first-order valence-electron chi connectivity index (χ1n) is 3.08. The highest BCUT2D eigenvalue weighted by molar-refractivity contribution is 9.09. The van der Waals surface area contributed by atoms with E-state index >= 15 is 0 Å². The fraction of sp³-hybridized carbons (Fsp3) is 0.714. The first kappa shape index (κ1) is 6.34. The number of hydrogen-bond donors (Lipinski definition) is 0. The van der Waals surface area contributed by atoms with Gasteiger partial charge in [-0.15, -0.1) is 0 Å². The molecule has 0 heterocycles. The molecular weight excluding hydrogens is 164 g/mol. The van der Waals surface area contributed by atoms with Gasteiger partial charge in [0.05, 0.1) is 0 Å². The van der Waals surface area contributed by atoms with E-state index in [2.05, 4.69) is 22.5 Å². The molecule has 0 saturated heterocycles. The zero-order valence-corrected chi connectivity index (χ0v) is 6.58. The zero-order valence-electron chi connectivity index (χ0n) is 4.99. The first-order valence-corrected chi connectivity index (χ1v) is 4.20. The highest BCUT2D eigenvalue weighted by Crippen LogP contribution is 2.39. The monoisotopic (exact) mass is 174 g/mol. The minimum Gasteiger partial charge on any atom is -0.0995 e. The van der Waals surface area contributed by atoms with Gasteiger partial charge in [-0.05, 0) is 25.2 Å². The first-order chi connectivity index (χ1) is 3.84. The van der Waals surface area contributed by atoms with Crippen LogP contribution in [0.3, 0.4) is 0 Å². The van der Waals surface area contributed by atoms with Crippen molar-refractivity contribution in [3.63, 3.8) is 0 Å². The van der Waals surface area contributed by atoms with E-state index in [-0.39, 0.29) is 0 Å². The van der Waals surface area contributed by atoms with Crippen molar-refractivity contribution in [2.45, 2.75) is 19.3 Å². The molecule has 1 saturated carbocycles. The molecular formula is C7H11Br. The highest BCUT2D eigenvalue weighted by Gasteiger charge is 2.25. The summed E-state index contributed by atoms with van der Waals surface area (Å²) in [5.41, 5.74) is 1.46. The molecule has 0 N–H and O–H groups in total. The largest absolute Gasteiger partial charge is 0.0995 e. The lowest BCUT2D eigenvalue weighted by atomic mass is 10.2. The van der Waals surface area contributed by atoms with Gasteiger partial charge in [-0.1, -0.05) is 28.1 Å². The molecule has 1 atom stereocenters. The van der Waals surface area contributed by atoms with Crippen LogP contribution in [0.15, 0.2) is 12.2 Å². The molecule has 0 radical (unpaired) electrons. The minimum absolute atomic E-state index is 0.896. The van der Waals surface area contributed by atoms with Crippen molar-refractivity contribution in [2.24, 2.45) is 5.92 Å². The third kappa shape index (κ3) is 1.62. The fourth-order valence-electron chi connectivity index (χ4n) is 0.887. The summed E-state index contributed by atoms with van der Waals surface area (Å²) in [6, 6.07) is 0. The molecule has 0 bridgehead atoms. The van der Waals surface area contributed by atoms with Gasteiger partial charge in [0.15, 0.2) is 0 Å². The van der Waals surface area contributed by atoms with Crippen molar-refractivity contribution in [1.29, 1.82) is 0 Å². The van der Waals surface area contributed by atoms with Crippen LogP contribution in [-0.4, -0.2) is 5.33 Å². The van der Waals surface area contributed by atoms with Crippen molar-refractivity contribution < 1.29 is 0 Å². The lowest BCUT2D eigenvalue weighted by Crippen LogP contribution is -1.76. The van der Waals surface area contributed by atoms with Gasteiger partial charge in [0.1, 0.15) is 0 Å². The summed E-state index contributed by atoms with van der Waals surface area (Å²) in [4.78, 5) is 0. The maximum absolute atomic E-state index is 3.89. The second-order valence-electron chi connectivity index (χ2n) is 2.39. The molecule has 8 heavy (non-hydrogen) atoms. The Balaban J connectivity index is 1.97. The number of hydrogen-bond acceptors (Lipinski definition) is 0. The fourth-order valence-corrected chi connectivity index (χ4v) is 1.21. The third-order valence-corrected chi connectivity index (χ3v) is 2.17. The van der Waals surface area contributed by atoms with E-state index in [1.807, 2.05) is 0 Å². The van der Waals surface area contributed by atoms with Crippen molar-refractivity contribution in [1.82, 2.24) is 0 Å². The predicted molar refractivity (Wildman–Crippen MR) is 40.3 cm³/mol. The number of halogens is 1. The van der Waals surface area contributed by atoms with Gasteiger partial charge in [-0.2, -0.15) is 0 Å². The number of rotatable bonds is 3. The molecule has 1 aliphatic rings. The standard InChI is InChI=1S/C7H11Br/c1-6-5-7(6)3-2-4-8/h7H,1-5H2. The normalized spacial score (nSPS) is 26.1. The third-order valence-electron chi connectivity index (χ3n) is 1.61. The minimum atomic E-state index is 0.896. The van der Waals surface area contributed by atoms with Gasteiger partial charge < -0.3 is 0 Å². The van der Waals surface area contributed by atoms with E-state index in [0.29, 0.717) is 0 Å². The molecule has 1 rings (SSSR count). The van der Waals surface area contributed by atoms with Crippen LogP contribution >= 0.6 is 15.9 Å². The Kier molecular flexibility index (Phi) is 2.12. The SMILES string of the molecule is C=C1CC1CCCBr. The van der Waals surface area contributed by atoms with E-state index in [0.717, 1.165) is 11.2 Å². The topological polar surface area (TPSA) is 0 Å². The summed E-state index contributed by atoms with van der Waals surface area (Å²) in [6.45, 7) is 3.89. The maximum Gasteiger partial charge on any atom is 0.00315 e. The van der Waals surface area contributed by atoms with Gasteiger partial charge in [0.2, 0.25) is 0 Å². The van der Waals surface area contributed by atoms with E-state index in [1.165, 1.54) is 24.8 Å². The Morgan fingerprint density at radius 2 is 2.38 bits per heavy atom. The average Bonchev–Trinajstić information content (AvgIpc) is 2.42. The van der Waals surface area contributed by atoms with Crippen molar-refractivity contribution in [3.05, 3.63) is 12.2 Å². The van der Waals surface area contributed by atoms with Gasteiger partial charge in [0.25, 0.3) is 0 Å². The summed E-state index contributed by atoms with van der Waals surface area (Å²) in [5.74, 6) is 0.896. The molecule has 46 valence electrons. The van der Waals surface area contributed by atoms with Gasteiger partial charge >= 0.3 is 0 Å². The van der Waals surface area contributed by atoms with Crippen LogP contribution in [0.2, 0.25) is 0 Å². The molecule has 0 aromatic carbocycles. The molecule has 1 unspecified atom stereocenters. The zero-order chi connectivity index (χ0) is 5.98. The van der Waals surface area contributed by atoms with Crippen molar-refractivity contribution in [2.75, 3.05) is 5.33 Å².